The number of sulfonamides is 1. The van der Waals surface area contributed by atoms with E-state index in [1.54, 1.807) is 25.9 Å². The van der Waals surface area contributed by atoms with Crippen molar-refractivity contribution in [3.8, 4) is 0 Å². The van der Waals surface area contributed by atoms with E-state index in [0.717, 1.165) is 23.3 Å². The lowest BCUT2D eigenvalue weighted by Gasteiger charge is -2.26. The maximum absolute atomic E-state index is 13.1. The summed E-state index contributed by atoms with van der Waals surface area (Å²) in [4.78, 5) is 42.3. The summed E-state index contributed by atoms with van der Waals surface area (Å²) in [6.07, 6.45) is 1.75. The van der Waals surface area contributed by atoms with Crippen molar-refractivity contribution >= 4 is 44.3 Å². The standard InChI is InChI=1S/C24H30N4O6S2/c1-4-34-24(31)27-14-11-18-19(15-27)35-22(20(18)23(30)26(2)3)25-21(29)16-7-9-17(10-8-16)36(32,33)28-12-5-6-13-28/h7-10H,4-6,11-15H2,1-3H3,(H,25,29). The van der Waals surface area contributed by atoms with Crippen LogP contribution >= 0.6 is 11.3 Å². The van der Waals surface area contributed by atoms with Gasteiger partial charge < -0.3 is 19.9 Å². The molecule has 0 saturated carbocycles. The number of amides is 3. The highest BCUT2D eigenvalue weighted by Gasteiger charge is 2.32. The minimum absolute atomic E-state index is 0.148. The van der Waals surface area contributed by atoms with Gasteiger partial charge in [0.2, 0.25) is 10.0 Å². The molecule has 0 unspecified atom stereocenters. The molecule has 194 valence electrons. The number of rotatable bonds is 6. The second kappa shape index (κ2) is 10.6. The van der Waals surface area contributed by atoms with Crippen molar-refractivity contribution < 1.29 is 27.5 Å². The van der Waals surface area contributed by atoms with Crippen molar-refractivity contribution in [2.45, 2.75) is 37.6 Å². The number of hydrogen-bond acceptors (Lipinski definition) is 7. The Balaban J connectivity index is 1.57. The molecule has 0 aliphatic carbocycles. The average Bonchev–Trinajstić information content (AvgIpc) is 3.52. The van der Waals surface area contributed by atoms with Gasteiger partial charge in [-0.3, -0.25) is 9.59 Å². The zero-order valence-electron chi connectivity index (χ0n) is 20.6. The fourth-order valence-electron chi connectivity index (χ4n) is 4.34. The Kier molecular flexibility index (Phi) is 7.67. The van der Waals surface area contributed by atoms with Gasteiger partial charge in [-0.05, 0) is 56.0 Å². The summed E-state index contributed by atoms with van der Waals surface area (Å²) < 4.78 is 32.1. The van der Waals surface area contributed by atoms with Crippen LogP contribution in [0, 0.1) is 0 Å². The predicted octanol–water partition coefficient (Wildman–Crippen LogP) is 3.00. The van der Waals surface area contributed by atoms with Crippen LogP contribution in [-0.2, 0) is 27.7 Å². The van der Waals surface area contributed by atoms with Crippen LogP contribution in [0.25, 0.3) is 0 Å². The highest BCUT2D eigenvalue weighted by molar-refractivity contribution is 7.89. The number of ether oxygens (including phenoxy) is 1. The molecule has 2 aliphatic heterocycles. The van der Waals surface area contributed by atoms with Gasteiger partial charge in [0.25, 0.3) is 11.8 Å². The average molecular weight is 535 g/mol. The first-order chi connectivity index (χ1) is 17.1. The summed E-state index contributed by atoms with van der Waals surface area (Å²) in [5, 5.41) is 3.25. The van der Waals surface area contributed by atoms with E-state index in [1.807, 2.05) is 0 Å². The van der Waals surface area contributed by atoms with Crippen molar-refractivity contribution in [1.82, 2.24) is 14.1 Å². The van der Waals surface area contributed by atoms with E-state index in [1.165, 1.54) is 44.8 Å². The quantitative estimate of drug-likeness (QED) is 0.609. The fraction of sp³-hybridized carbons (Fsp3) is 0.458. The minimum Gasteiger partial charge on any atom is -0.450 e. The molecule has 10 nitrogen and oxygen atoms in total. The molecule has 2 aromatic rings. The third-order valence-electron chi connectivity index (χ3n) is 6.25. The smallest absolute Gasteiger partial charge is 0.410 e. The molecule has 0 spiro atoms. The Morgan fingerprint density at radius 3 is 2.36 bits per heavy atom. The summed E-state index contributed by atoms with van der Waals surface area (Å²) in [5.41, 5.74) is 1.52. The van der Waals surface area contributed by atoms with Crippen LogP contribution in [0.5, 0.6) is 0 Å². The van der Waals surface area contributed by atoms with Gasteiger partial charge in [0, 0.05) is 44.2 Å². The number of carbonyl (C=O) groups excluding carboxylic acids is 3. The topological polar surface area (TPSA) is 116 Å². The van der Waals surface area contributed by atoms with Crippen LogP contribution in [-0.4, -0.2) is 80.8 Å². The Morgan fingerprint density at radius 2 is 1.75 bits per heavy atom. The maximum atomic E-state index is 13.1. The monoisotopic (exact) mass is 534 g/mol. The van der Waals surface area contributed by atoms with Crippen molar-refractivity contribution in [2.75, 3.05) is 45.7 Å². The molecule has 12 heteroatoms. The van der Waals surface area contributed by atoms with E-state index in [2.05, 4.69) is 5.32 Å². The van der Waals surface area contributed by atoms with E-state index in [9.17, 15) is 22.8 Å². The van der Waals surface area contributed by atoms with E-state index in [0.29, 0.717) is 43.2 Å². The molecule has 1 saturated heterocycles. The SMILES string of the molecule is CCOC(=O)N1CCc2c(sc(NC(=O)c3ccc(S(=O)(=O)N4CCCC4)cc3)c2C(=O)N(C)C)C1. The Morgan fingerprint density at radius 1 is 1.08 bits per heavy atom. The summed E-state index contributed by atoms with van der Waals surface area (Å²) in [5.74, 6) is -0.687. The van der Waals surface area contributed by atoms with Gasteiger partial charge in [-0.25, -0.2) is 13.2 Å². The molecular formula is C24H30N4O6S2. The van der Waals surface area contributed by atoms with E-state index >= 15 is 0 Å². The van der Waals surface area contributed by atoms with Gasteiger partial charge in [0.1, 0.15) is 5.00 Å². The van der Waals surface area contributed by atoms with Crippen LogP contribution in [0.3, 0.4) is 0 Å². The number of hydrogen-bond donors (Lipinski definition) is 1. The van der Waals surface area contributed by atoms with Crippen LogP contribution < -0.4 is 5.32 Å². The van der Waals surface area contributed by atoms with Crippen LogP contribution in [0.4, 0.5) is 9.80 Å². The molecule has 0 radical (unpaired) electrons. The third-order valence-corrected chi connectivity index (χ3v) is 9.29. The van der Waals surface area contributed by atoms with Gasteiger partial charge in [0.05, 0.1) is 23.6 Å². The zero-order valence-corrected chi connectivity index (χ0v) is 22.2. The first-order valence-corrected chi connectivity index (χ1v) is 14.1. The molecule has 3 amide bonds. The lowest BCUT2D eigenvalue weighted by molar-refractivity contribution is 0.0827. The Hall–Kier alpha value is -2.96. The summed E-state index contributed by atoms with van der Waals surface area (Å²) in [6, 6.07) is 5.82. The predicted molar refractivity (Wildman–Crippen MR) is 136 cm³/mol. The van der Waals surface area contributed by atoms with Gasteiger partial charge in [-0.15, -0.1) is 11.3 Å². The Bertz CT molecular complexity index is 1260. The number of carbonyl (C=O) groups is 3. The second-order valence-corrected chi connectivity index (χ2v) is 11.9. The number of benzene rings is 1. The molecule has 1 N–H and O–H groups in total. The highest BCUT2D eigenvalue weighted by atomic mass is 32.2. The molecular weight excluding hydrogens is 504 g/mol. The largest absolute Gasteiger partial charge is 0.450 e. The van der Waals surface area contributed by atoms with Gasteiger partial charge in [-0.2, -0.15) is 4.31 Å². The normalized spacial score (nSPS) is 15.9. The summed E-state index contributed by atoms with van der Waals surface area (Å²) in [7, 11) is -0.287. The van der Waals surface area contributed by atoms with Crippen molar-refractivity contribution in [3.05, 3.63) is 45.8 Å². The highest BCUT2D eigenvalue weighted by Crippen LogP contribution is 2.38. The van der Waals surface area contributed by atoms with Crippen LogP contribution in [0.2, 0.25) is 0 Å². The van der Waals surface area contributed by atoms with E-state index in [4.69, 9.17) is 4.74 Å². The lowest BCUT2D eigenvalue weighted by atomic mass is 10.0. The van der Waals surface area contributed by atoms with Crippen molar-refractivity contribution in [3.63, 3.8) is 0 Å². The first-order valence-electron chi connectivity index (χ1n) is 11.8. The molecule has 1 aromatic carbocycles. The van der Waals surface area contributed by atoms with Crippen molar-refractivity contribution in [1.29, 1.82) is 0 Å². The maximum Gasteiger partial charge on any atom is 0.410 e. The van der Waals surface area contributed by atoms with Crippen LogP contribution in [0.15, 0.2) is 29.2 Å². The van der Waals surface area contributed by atoms with Gasteiger partial charge >= 0.3 is 6.09 Å². The molecule has 1 fully saturated rings. The molecule has 2 aliphatic rings. The summed E-state index contributed by atoms with van der Waals surface area (Å²) in [6.45, 7) is 3.74. The van der Waals surface area contributed by atoms with Gasteiger partial charge in [-0.1, -0.05) is 0 Å². The molecule has 0 atom stereocenters. The minimum atomic E-state index is -3.58. The van der Waals surface area contributed by atoms with Crippen molar-refractivity contribution in [2.24, 2.45) is 0 Å². The molecule has 36 heavy (non-hydrogen) atoms. The number of thiophene rings is 1. The number of nitrogens with one attached hydrogen (secondary N) is 1. The molecule has 4 rings (SSSR count). The van der Waals surface area contributed by atoms with E-state index in [-0.39, 0.29) is 23.0 Å². The van der Waals surface area contributed by atoms with E-state index < -0.39 is 22.0 Å². The third kappa shape index (κ3) is 5.11. The Labute approximate surface area is 214 Å². The fourth-order valence-corrected chi connectivity index (χ4v) is 7.11. The first kappa shape index (κ1) is 26.1. The lowest BCUT2D eigenvalue weighted by Crippen LogP contribution is -2.36. The summed E-state index contributed by atoms with van der Waals surface area (Å²) >= 11 is 1.26. The second-order valence-electron chi connectivity index (χ2n) is 8.87. The number of fused-ring (bicyclic) bond motifs is 1. The number of anilines is 1. The molecule has 0 bridgehead atoms. The molecule has 3 heterocycles. The van der Waals surface area contributed by atoms with Gasteiger partial charge in [0.15, 0.2) is 0 Å². The number of nitrogens with zero attached hydrogens (tertiary/aromatic N) is 3. The molecule has 1 aromatic heterocycles. The van der Waals surface area contributed by atoms with Crippen LogP contribution in [0.1, 0.15) is 50.9 Å². The zero-order chi connectivity index (χ0) is 26.0.